The highest BCUT2D eigenvalue weighted by molar-refractivity contribution is 5.40. The number of benzene rings is 1. The first-order valence-corrected chi connectivity index (χ1v) is 7.28. The Hall–Kier alpha value is -1.02. The monoisotopic (exact) mass is 247 g/mol. The van der Waals surface area contributed by atoms with E-state index >= 15 is 0 Å². The van der Waals surface area contributed by atoms with Crippen LogP contribution in [0.25, 0.3) is 0 Å². The van der Waals surface area contributed by atoms with Crippen LogP contribution in [-0.4, -0.2) is 19.2 Å². The molecule has 2 nitrogen and oxygen atoms in total. The second kappa shape index (κ2) is 6.79. The van der Waals surface area contributed by atoms with E-state index in [1.54, 1.807) is 0 Å². The summed E-state index contributed by atoms with van der Waals surface area (Å²) in [5.41, 5.74) is 2.86. The normalized spacial score (nSPS) is 17.6. The maximum absolute atomic E-state index is 5.72. The number of unbranched alkanes of at least 4 members (excludes halogenated alkanes) is 2. The highest BCUT2D eigenvalue weighted by Crippen LogP contribution is 2.29. The molecule has 2 rings (SSSR count). The Labute approximate surface area is 111 Å². The molecule has 2 heteroatoms. The van der Waals surface area contributed by atoms with Gasteiger partial charge >= 0.3 is 0 Å². The largest absolute Gasteiger partial charge is 0.490 e. The summed E-state index contributed by atoms with van der Waals surface area (Å²) in [5.74, 6) is 1.10. The van der Waals surface area contributed by atoms with E-state index in [-0.39, 0.29) is 0 Å². The molecule has 0 aliphatic carbocycles. The van der Waals surface area contributed by atoms with Crippen LogP contribution in [0.3, 0.4) is 0 Å². The summed E-state index contributed by atoms with van der Waals surface area (Å²) in [4.78, 5) is 0. The van der Waals surface area contributed by atoms with Gasteiger partial charge in [-0.2, -0.15) is 0 Å². The van der Waals surface area contributed by atoms with E-state index in [4.69, 9.17) is 4.74 Å². The summed E-state index contributed by atoms with van der Waals surface area (Å²) < 4.78 is 5.72. The third kappa shape index (κ3) is 3.74. The smallest absolute Gasteiger partial charge is 0.123 e. The standard InChI is InChI=1S/C16H25NO/c1-3-17-10-6-4-5-7-14-8-9-16-15(12-14)11-13(2)18-16/h8-9,12-13,17H,3-7,10-11H2,1-2H3. The van der Waals surface area contributed by atoms with Gasteiger partial charge in [-0.15, -0.1) is 0 Å². The van der Waals surface area contributed by atoms with E-state index < -0.39 is 0 Å². The highest BCUT2D eigenvalue weighted by atomic mass is 16.5. The van der Waals surface area contributed by atoms with Crippen LogP contribution in [0.1, 0.15) is 44.2 Å². The molecule has 1 aliphatic heterocycles. The number of ether oxygens (including phenoxy) is 1. The molecule has 0 fully saturated rings. The second-order valence-corrected chi connectivity index (χ2v) is 5.24. The Morgan fingerprint density at radius 2 is 2.17 bits per heavy atom. The SMILES string of the molecule is CCNCCCCCc1ccc2c(c1)CC(C)O2. The molecule has 1 unspecified atom stereocenters. The van der Waals surface area contributed by atoms with Gasteiger partial charge in [-0.1, -0.05) is 25.5 Å². The van der Waals surface area contributed by atoms with Crippen molar-refractivity contribution < 1.29 is 4.74 Å². The summed E-state index contributed by atoms with van der Waals surface area (Å²) in [6.45, 7) is 6.54. The van der Waals surface area contributed by atoms with E-state index in [1.165, 1.54) is 36.8 Å². The van der Waals surface area contributed by atoms with Gasteiger partial charge in [-0.25, -0.2) is 0 Å². The van der Waals surface area contributed by atoms with Gasteiger partial charge in [0.05, 0.1) is 0 Å². The molecule has 100 valence electrons. The molecule has 1 aromatic carbocycles. The third-order valence-electron chi connectivity index (χ3n) is 3.53. The third-order valence-corrected chi connectivity index (χ3v) is 3.53. The van der Waals surface area contributed by atoms with E-state index in [2.05, 4.69) is 37.4 Å². The molecular formula is C16H25NO. The van der Waals surface area contributed by atoms with Crippen LogP contribution < -0.4 is 10.1 Å². The lowest BCUT2D eigenvalue weighted by Gasteiger charge is -2.05. The van der Waals surface area contributed by atoms with Crippen molar-refractivity contribution in [1.29, 1.82) is 0 Å². The minimum Gasteiger partial charge on any atom is -0.490 e. The lowest BCUT2D eigenvalue weighted by molar-refractivity contribution is 0.254. The quantitative estimate of drug-likeness (QED) is 0.746. The van der Waals surface area contributed by atoms with Crippen LogP contribution in [0, 0.1) is 0 Å². The number of nitrogens with one attached hydrogen (secondary N) is 1. The summed E-state index contributed by atoms with van der Waals surface area (Å²) in [5, 5.41) is 3.37. The fraction of sp³-hybridized carbons (Fsp3) is 0.625. The van der Waals surface area contributed by atoms with Crippen molar-refractivity contribution in [2.75, 3.05) is 13.1 Å². The maximum atomic E-state index is 5.72. The number of hydrogen-bond donors (Lipinski definition) is 1. The summed E-state index contributed by atoms with van der Waals surface area (Å²) in [6, 6.07) is 6.71. The Balaban J connectivity index is 1.72. The van der Waals surface area contributed by atoms with Crippen LogP contribution in [0.2, 0.25) is 0 Å². The Morgan fingerprint density at radius 3 is 3.00 bits per heavy atom. The Bertz CT molecular complexity index is 375. The average Bonchev–Trinajstić information content (AvgIpc) is 2.73. The molecular weight excluding hydrogens is 222 g/mol. The fourth-order valence-corrected chi connectivity index (χ4v) is 2.56. The minimum absolute atomic E-state index is 0.357. The van der Waals surface area contributed by atoms with Gasteiger partial charge in [0.1, 0.15) is 11.9 Å². The Morgan fingerprint density at radius 1 is 1.28 bits per heavy atom. The molecule has 1 heterocycles. The maximum Gasteiger partial charge on any atom is 0.123 e. The van der Waals surface area contributed by atoms with Gasteiger partial charge in [0.25, 0.3) is 0 Å². The molecule has 1 N–H and O–H groups in total. The minimum atomic E-state index is 0.357. The molecule has 0 saturated heterocycles. The summed E-state index contributed by atoms with van der Waals surface area (Å²) in [7, 11) is 0. The highest BCUT2D eigenvalue weighted by Gasteiger charge is 2.18. The molecule has 0 amide bonds. The summed E-state index contributed by atoms with van der Waals surface area (Å²) >= 11 is 0. The lowest BCUT2D eigenvalue weighted by Crippen LogP contribution is -2.13. The lowest BCUT2D eigenvalue weighted by atomic mass is 10.0. The van der Waals surface area contributed by atoms with Crippen LogP contribution >= 0.6 is 0 Å². The second-order valence-electron chi connectivity index (χ2n) is 5.24. The zero-order chi connectivity index (χ0) is 12.8. The van der Waals surface area contributed by atoms with Crippen molar-refractivity contribution in [3.8, 4) is 5.75 Å². The van der Waals surface area contributed by atoms with Gasteiger partial charge in [-0.05, 0) is 56.5 Å². The van der Waals surface area contributed by atoms with Crippen molar-refractivity contribution in [3.63, 3.8) is 0 Å². The topological polar surface area (TPSA) is 21.3 Å². The Kier molecular flexibility index (Phi) is 5.06. The van der Waals surface area contributed by atoms with Crippen molar-refractivity contribution in [2.24, 2.45) is 0 Å². The van der Waals surface area contributed by atoms with Crippen molar-refractivity contribution >= 4 is 0 Å². The summed E-state index contributed by atoms with van der Waals surface area (Å²) in [6.07, 6.45) is 6.53. The predicted molar refractivity (Wildman–Crippen MR) is 76.3 cm³/mol. The van der Waals surface area contributed by atoms with Gasteiger partial charge in [-0.3, -0.25) is 0 Å². The molecule has 0 spiro atoms. The van der Waals surface area contributed by atoms with Crippen LogP contribution in [-0.2, 0) is 12.8 Å². The number of aryl methyl sites for hydroxylation is 1. The molecule has 1 aromatic rings. The van der Waals surface area contributed by atoms with Gasteiger partial charge in [0, 0.05) is 6.42 Å². The van der Waals surface area contributed by atoms with E-state index in [0.29, 0.717) is 6.10 Å². The van der Waals surface area contributed by atoms with Crippen LogP contribution in [0.4, 0.5) is 0 Å². The zero-order valence-corrected chi connectivity index (χ0v) is 11.7. The van der Waals surface area contributed by atoms with Gasteiger partial charge in [0.15, 0.2) is 0 Å². The number of fused-ring (bicyclic) bond motifs is 1. The van der Waals surface area contributed by atoms with Crippen LogP contribution in [0.15, 0.2) is 18.2 Å². The van der Waals surface area contributed by atoms with Gasteiger partial charge in [0.2, 0.25) is 0 Å². The van der Waals surface area contributed by atoms with Crippen molar-refractivity contribution in [2.45, 2.75) is 52.1 Å². The average molecular weight is 247 g/mol. The van der Waals surface area contributed by atoms with E-state index in [9.17, 15) is 0 Å². The first-order valence-electron chi connectivity index (χ1n) is 7.28. The van der Waals surface area contributed by atoms with Gasteiger partial charge < -0.3 is 10.1 Å². The van der Waals surface area contributed by atoms with E-state index in [0.717, 1.165) is 25.3 Å². The molecule has 0 bridgehead atoms. The molecule has 0 radical (unpaired) electrons. The fourth-order valence-electron chi connectivity index (χ4n) is 2.56. The van der Waals surface area contributed by atoms with Crippen LogP contribution in [0.5, 0.6) is 5.75 Å². The first-order chi connectivity index (χ1) is 8.79. The van der Waals surface area contributed by atoms with E-state index in [1.807, 2.05) is 0 Å². The predicted octanol–water partition coefficient (Wildman–Crippen LogP) is 3.33. The van der Waals surface area contributed by atoms with Crippen molar-refractivity contribution in [3.05, 3.63) is 29.3 Å². The molecule has 0 saturated carbocycles. The molecule has 1 atom stereocenters. The molecule has 1 aliphatic rings. The molecule has 0 aromatic heterocycles. The number of hydrogen-bond acceptors (Lipinski definition) is 2. The molecule has 18 heavy (non-hydrogen) atoms. The number of rotatable bonds is 7. The zero-order valence-electron chi connectivity index (χ0n) is 11.7. The first kappa shape index (κ1) is 13.4. The van der Waals surface area contributed by atoms with Crippen molar-refractivity contribution in [1.82, 2.24) is 5.32 Å².